The van der Waals surface area contributed by atoms with E-state index in [9.17, 15) is 22.8 Å². The number of rotatable bonds is 5. The summed E-state index contributed by atoms with van der Waals surface area (Å²) in [5.41, 5.74) is 0.124. The molecule has 2 aliphatic heterocycles. The Hall–Kier alpha value is -2.36. The van der Waals surface area contributed by atoms with Crippen molar-refractivity contribution < 1.29 is 22.8 Å². The molecule has 35 heavy (non-hydrogen) atoms. The number of amides is 2. The van der Waals surface area contributed by atoms with Crippen molar-refractivity contribution in [3.05, 3.63) is 58.1 Å². The fourth-order valence-electron chi connectivity index (χ4n) is 5.33. The Bertz CT molecular complexity index is 1140. The lowest BCUT2D eigenvalue weighted by Crippen LogP contribution is -2.62. The normalized spacial score (nSPS) is 22.5. The highest BCUT2D eigenvalue weighted by Crippen LogP contribution is 2.45. The van der Waals surface area contributed by atoms with Gasteiger partial charge >= 0.3 is 0 Å². The fraction of sp³-hybridized carbons (Fsp3) is 0.458. The molecule has 3 heterocycles. The van der Waals surface area contributed by atoms with E-state index in [2.05, 4.69) is 15.6 Å². The molecule has 1 aromatic carbocycles. The van der Waals surface area contributed by atoms with Crippen molar-refractivity contribution in [3.8, 4) is 0 Å². The summed E-state index contributed by atoms with van der Waals surface area (Å²) < 4.78 is 40.5. The summed E-state index contributed by atoms with van der Waals surface area (Å²) in [6, 6.07) is 5.59. The van der Waals surface area contributed by atoms with Crippen LogP contribution in [0, 0.1) is 11.7 Å². The molecule has 188 valence electrons. The predicted molar refractivity (Wildman–Crippen MR) is 128 cm³/mol. The average molecular weight is 529 g/mol. The van der Waals surface area contributed by atoms with Crippen molar-refractivity contribution in [3.63, 3.8) is 0 Å². The number of nitrogens with zero attached hydrogens (tertiary/aromatic N) is 2. The zero-order valence-corrected chi connectivity index (χ0v) is 20.3. The summed E-state index contributed by atoms with van der Waals surface area (Å²) >= 11 is 5.85. The van der Waals surface area contributed by atoms with Gasteiger partial charge in [-0.2, -0.15) is 0 Å². The molecule has 1 saturated heterocycles. The molecular weight excluding hydrogens is 504 g/mol. The highest BCUT2D eigenvalue weighted by Gasteiger charge is 2.55. The van der Waals surface area contributed by atoms with Crippen LogP contribution in [0.1, 0.15) is 53.7 Å². The first kappa shape index (κ1) is 25.7. The van der Waals surface area contributed by atoms with Gasteiger partial charge in [0.25, 0.3) is 12.3 Å². The molecule has 1 spiro atoms. The molecule has 3 aliphatic rings. The summed E-state index contributed by atoms with van der Waals surface area (Å²) in [5.74, 6) is -0.783. The van der Waals surface area contributed by atoms with Gasteiger partial charge in [-0.15, -0.1) is 12.4 Å². The van der Waals surface area contributed by atoms with Crippen LogP contribution < -0.4 is 15.5 Å². The minimum Gasteiger partial charge on any atom is -0.349 e. The van der Waals surface area contributed by atoms with Crippen LogP contribution in [0.2, 0.25) is 5.02 Å². The van der Waals surface area contributed by atoms with E-state index in [0.717, 1.165) is 24.6 Å². The first-order valence-corrected chi connectivity index (χ1v) is 11.7. The molecule has 2 aromatic rings. The summed E-state index contributed by atoms with van der Waals surface area (Å²) in [7, 11) is 0. The largest absolute Gasteiger partial charge is 0.349 e. The van der Waals surface area contributed by atoms with Crippen molar-refractivity contribution in [2.75, 3.05) is 24.5 Å². The number of carbonyl (C=O) groups is 2. The molecule has 1 aromatic heterocycles. The quantitative estimate of drug-likeness (QED) is 0.602. The predicted octanol–water partition coefficient (Wildman–Crippen LogP) is 4.41. The van der Waals surface area contributed by atoms with Crippen molar-refractivity contribution in [1.29, 1.82) is 0 Å². The van der Waals surface area contributed by atoms with Gasteiger partial charge in [0.2, 0.25) is 5.91 Å². The van der Waals surface area contributed by atoms with Crippen LogP contribution in [0.5, 0.6) is 0 Å². The van der Waals surface area contributed by atoms with E-state index < -0.39 is 23.4 Å². The van der Waals surface area contributed by atoms with Crippen molar-refractivity contribution in [2.24, 2.45) is 5.92 Å². The monoisotopic (exact) mass is 528 g/mol. The maximum atomic E-state index is 14.0. The molecule has 0 atom stereocenters. The standard InChI is InChI=1S/C24H24ClF3N4O2.ClH/c25-14-7-17(20(21(27)28)30-9-14)22(33)31-16-4-1-13(2-5-16)10-32-19-8-15(26)3-6-18(19)24(23(32)34)11-29-12-24;/h3,6-9,13,16,21,29H,1-2,4-5,10-12H2,(H,31,33);1H/t13-,16-;. The van der Waals surface area contributed by atoms with Gasteiger partial charge < -0.3 is 15.5 Å². The van der Waals surface area contributed by atoms with Crippen LogP contribution in [0.3, 0.4) is 0 Å². The van der Waals surface area contributed by atoms with Crippen LogP contribution >= 0.6 is 24.0 Å². The third-order valence-corrected chi connectivity index (χ3v) is 7.44. The summed E-state index contributed by atoms with van der Waals surface area (Å²) in [6.07, 6.45) is 1.02. The van der Waals surface area contributed by atoms with Crippen LogP contribution in [-0.2, 0) is 10.2 Å². The van der Waals surface area contributed by atoms with Gasteiger partial charge in [-0.1, -0.05) is 17.7 Å². The molecule has 0 radical (unpaired) electrons. The Kier molecular flexibility index (Phi) is 7.31. The van der Waals surface area contributed by atoms with Crippen molar-refractivity contribution in [2.45, 2.75) is 43.6 Å². The molecule has 1 saturated carbocycles. The molecule has 2 amide bonds. The lowest BCUT2D eigenvalue weighted by Gasteiger charge is -2.38. The first-order chi connectivity index (χ1) is 16.3. The topological polar surface area (TPSA) is 74.3 Å². The number of fused-ring (bicyclic) bond motifs is 2. The number of halogens is 5. The van der Waals surface area contributed by atoms with E-state index in [1.165, 1.54) is 18.2 Å². The number of benzene rings is 1. The number of nitrogens with one attached hydrogen (secondary N) is 2. The van der Waals surface area contributed by atoms with Gasteiger partial charge in [0, 0.05) is 31.9 Å². The van der Waals surface area contributed by atoms with Gasteiger partial charge in [-0.25, -0.2) is 13.2 Å². The van der Waals surface area contributed by atoms with Crippen LogP contribution in [-0.4, -0.2) is 42.5 Å². The Labute approximate surface area is 212 Å². The number of anilines is 1. The summed E-state index contributed by atoms with van der Waals surface area (Å²) in [4.78, 5) is 31.2. The second-order valence-electron chi connectivity index (χ2n) is 9.34. The molecule has 0 bridgehead atoms. The Balaban J connectivity index is 0.00000289. The number of hydrogen-bond donors (Lipinski definition) is 2. The smallest absolute Gasteiger partial charge is 0.281 e. The molecule has 5 rings (SSSR count). The van der Waals surface area contributed by atoms with Crippen LogP contribution in [0.25, 0.3) is 0 Å². The van der Waals surface area contributed by atoms with Gasteiger partial charge in [0.1, 0.15) is 16.9 Å². The van der Waals surface area contributed by atoms with Crippen molar-refractivity contribution >= 4 is 41.5 Å². The summed E-state index contributed by atoms with van der Waals surface area (Å²) in [6.45, 7) is 1.60. The maximum absolute atomic E-state index is 14.0. The number of alkyl halides is 2. The summed E-state index contributed by atoms with van der Waals surface area (Å²) in [5, 5.41) is 6.11. The van der Waals surface area contributed by atoms with Crippen molar-refractivity contribution in [1.82, 2.24) is 15.6 Å². The average Bonchev–Trinajstić information content (AvgIpc) is 3.02. The van der Waals surface area contributed by atoms with E-state index in [1.807, 2.05) is 0 Å². The number of carbonyl (C=O) groups excluding carboxylic acids is 2. The maximum Gasteiger partial charge on any atom is 0.281 e. The number of hydrogen-bond acceptors (Lipinski definition) is 4. The Morgan fingerprint density at radius 3 is 2.57 bits per heavy atom. The van der Waals surface area contributed by atoms with E-state index in [-0.39, 0.29) is 46.7 Å². The highest BCUT2D eigenvalue weighted by molar-refractivity contribution is 6.30. The third-order valence-electron chi connectivity index (χ3n) is 7.23. The minimum absolute atomic E-state index is 0. The van der Waals surface area contributed by atoms with Crippen LogP contribution in [0.4, 0.5) is 18.9 Å². The molecule has 2 N–H and O–H groups in total. The zero-order chi connectivity index (χ0) is 24.0. The molecule has 1 aliphatic carbocycles. The number of pyridine rings is 1. The lowest BCUT2D eigenvalue weighted by molar-refractivity contribution is -0.125. The van der Waals surface area contributed by atoms with Gasteiger partial charge in [0.05, 0.1) is 16.3 Å². The van der Waals surface area contributed by atoms with Gasteiger partial charge in [0.15, 0.2) is 0 Å². The molecular formula is C24H25Cl2F3N4O2. The van der Waals surface area contributed by atoms with E-state index >= 15 is 0 Å². The second kappa shape index (κ2) is 9.95. The van der Waals surface area contributed by atoms with Gasteiger partial charge in [-0.3, -0.25) is 14.6 Å². The minimum atomic E-state index is -2.88. The fourth-order valence-corrected chi connectivity index (χ4v) is 5.49. The third kappa shape index (κ3) is 4.61. The molecule has 11 heteroatoms. The molecule has 6 nitrogen and oxygen atoms in total. The Morgan fingerprint density at radius 2 is 1.94 bits per heavy atom. The lowest BCUT2D eigenvalue weighted by atomic mass is 9.76. The number of aromatic nitrogens is 1. The SMILES string of the molecule is Cl.O=C(N[C@H]1CC[C@H](CN2C(=O)C3(CNC3)c3ccc(F)cc32)CC1)c1cc(Cl)cnc1C(F)F. The highest BCUT2D eigenvalue weighted by atomic mass is 35.5. The Morgan fingerprint density at radius 1 is 1.23 bits per heavy atom. The molecule has 2 fully saturated rings. The van der Waals surface area contributed by atoms with E-state index in [0.29, 0.717) is 38.2 Å². The first-order valence-electron chi connectivity index (χ1n) is 11.4. The second-order valence-corrected chi connectivity index (χ2v) is 9.78. The van der Waals surface area contributed by atoms with Gasteiger partial charge in [-0.05, 0) is 55.4 Å². The zero-order valence-electron chi connectivity index (χ0n) is 18.7. The van der Waals surface area contributed by atoms with E-state index in [4.69, 9.17) is 11.6 Å². The van der Waals surface area contributed by atoms with E-state index in [1.54, 1.807) is 11.0 Å². The van der Waals surface area contributed by atoms with Crippen LogP contribution in [0.15, 0.2) is 30.5 Å². The molecule has 0 unspecified atom stereocenters.